The van der Waals surface area contributed by atoms with Crippen LogP contribution in [0.4, 0.5) is 0 Å². The highest BCUT2D eigenvalue weighted by Crippen LogP contribution is 2.19. The van der Waals surface area contributed by atoms with Crippen molar-refractivity contribution in [2.45, 2.75) is 20.3 Å². The zero-order valence-electron chi connectivity index (χ0n) is 12.8. The van der Waals surface area contributed by atoms with Gasteiger partial charge in [0.05, 0.1) is 5.56 Å². The maximum atomic E-state index is 11.8. The smallest absolute Gasteiger partial charge is 0.257 e. The summed E-state index contributed by atoms with van der Waals surface area (Å²) in [4.78, 5) is 11.8. The van der Waals surface area contributed by atoms with Crippen molar-refractivity contribution in [3.8, 4) is 11.8 Å². The molecule has 1 aromatic rings. The lowest BCUT2D eigenvalue weighted by Crippen LogP contribution is -2.37. The minimum atomic E-state index is -0.201. The van der Waals surface area contributed by atoms with Gasteiger partial charge in [-0.05, 0) is 24.0 Å². The molecular formula is C16H22N2O3. The summed E-state index contributed by atoms with van der Waals surface area (Å²) in [5.41, 5.74) is 0.390. The molecule has 0 unspecified atom stereocenters. The number of nitrogens with zero attached hydrogens (tertiary/aromatic N) is 1. The van der Waals surface area contributed by atoms with Crippen molar-refractivity contribution in [1.29, 1.82) is 5.26 Å². The Hall–Kier alpha value is -2.06. The van der Waals surface area contributed by atoms with Gasteiger partial charge in [0.15, 0.2) is 6.61 Å². The minimum absolute atomic E-state index is 0.0315. The van der Waals surface area contributed by atoms with Crippen LogP contribution < -0.4 is 10.1 Å². The van der Waals surface area contributed by atoms with Gasteiger partial charge in [0, 0.05) is 20.3 Å². The van der Waals surface area contributed by atoms with E-state index in [0.717, 1.165) is 6.42 Å². The third-order valence-electron chi connectivity index (χ3n) is 3.11. The van der Waals surface area contributed by atoms with Crippen molar-refractivity contribution in [2.24, 2.45) is 5.41 Å². The average molecular weight is 290 g/mol. The molecule has 1 N–H and O–H groups in total. The van der Waals surface area contributed by atoms with Gasteiger partial charge in [-0.2, -0.15) is 5.26 Å². The number of benzene rings is 1. The highest BCUT2D eigenvalue weighted by Gasteiger charge is 2.18. The summed E-state index contributed by atoms with van der Waals surface area (Å²) in [7, 11) is 1.66. The molecule has 21 heavy (non-hydrogen) atoms. The standard InChI is InChI=1S/C16H22N2O3/c1-16(2,8-9-20-3)12-18-15(19)11-21-14-7-5-4-6-13(14)10-17/h4-7H,8-9,11-12H2,1-3H3,(H,18,19). The summed E-state index contributed by atoms with van der Waals surface area (Å²) in [6.07, 6.45) is 0.863. The Morgan fingerprint density at radius 2 is 2.10 bits per heavy atom. The van der Waals surface area contributed by atoms with Crippen LogP contribution in [-0.4, -0.2) is 32.8 Å². The topological polar surface area (TPSA) is 71.3 Å². The second kappa shape index (κ2) is 8.28. The van der Waals surface area contributed by atoms with E-state index in [1.165, 1.54) is 0 Å². The van der Waals surface area contributed by atoms with E-state index in [2.05, 4.69) is 19.2 Å². The second-order valence-electron chi connectivity index (χ2n) is 5.58. The number of para-hydroxylation sites is 1. The molecule has 0 radical (unpaired) electrons. The van der Waals surface area contributed by atoms with Gasteiger partial charge < -0.3 is 14.8 Å². The van der Waals surface area contributed by atoms with Crippen LogP contribution in [0, 0.1) is 16.7 Å². The monoisotopic (exact) mass is 290 g/mol. The molecule has 0 heterocycles. The van der Waals surface area contributed by atoms with Gasteiger partial charge in [-0.3, -0.25) is 4.79 Å². The van der Waals surface area contributed by atoms with Crippen molar-refractivity contribution < 1.29 is 14.3 Å². The van der Waals surface area contributed by atoms with E-state index in [1.54, 1.807) is 31.4 Å². The van der Waals surface area contributed by atoms with Crippen LogP contribution in [0.2, 0.25) is 0 Å². The Labute approximate surface area is 125 Å². The summed E-state index contributed by atoms with van der Waals surface area (Å²) in [6, 6.07) is 8.88. The Bertz CT molecular complexity index is 506. The van der Waals surface area contributed by atoms with Crippen LogP contribution in [0.15, 0.2) is 24.3 Å². The highest BCUT2D eigenvalue weighted by molar-refractivity contribution is 5.77. The number of amides is 1. The number of nitrogens with one attached hydrogen (secondary N) is 1. The molecule has 0 spiro atoms. The molecule has 0 aliphatic carbocycles. The molecule has 0 aliphatic rings. The van der Waals surface area contributed by atoms with Gasteiger partial charge in [-0.1, -0.05) is 26.0 Å². The number of hydrogen-bond donors (Lipinski definition) is 1. The highest BCUT2D eigenvalue weighted by atomic mass is 16.5. The summed E-state index contributed by atoms with van der Waals surface area (Å²) in [5, 5.41) is 11.8. The maximum Gasteiger partial charge on any atom is 0.257 e. The van der Waals surface area contributed by atoms with Crippen LogP contribution in [0.3, 0.4) is 0 Å². The maximum absolute atomic E-state index is 11.8. The second-order valence-corrected chi connectivity index (χ2v) is 5.58. The van der Waals surface area contributed by atoms with E-state index in [1.807, 2.05) is 6.07 Å². The number of carbonyl (C=O) groups excluding carboxylic acids is 1. The predicted molar refractivity (Wildman–Crippen MR) is 79.9 cm³/mol. The summed E-state index contributed by atoms with van der Waals surface area (Å²) in [6.45, 7) is 5.25. The Kier molecular flexibility index (Phi) is 6.70. The summed E-state index contributed by atoms with van der Waals surface area (Å²) >= 11 is 0. The van der Waals surface area contributed by atoms with E-state index < -0.39 is 0 Å². The van der Waals surface area contributed by atoms with Crippen LogP contribution in [-0.2, 0) is 9.53 Å². The predicted octanol–water partition coefficient (Wildman–Crippen LogP) is 2.12. The van der Waals surface area contributed by atoms with E-state index in [9.17, 15) is 4.79 Å². The van der Waals surface area contributed by atoms with Crippen LogP contribution in [0.5, 0.6) is 5.75 Å². The van der Waals surface area contributed by atoms with E-state index in [-0.39, 0.29) is 17.9 Å². The van der Waals surface area contributed by atoms with Gasteiger partial charge in [0.1, 0.15) is 11.8 Å². The molecule has 0 saturated carbocycles. The number of methoxy groups -OCH3 is 1. The zero-order valence-corrected chi connectivity index (χ0v) is 12.8. The molecule has 5 heteroatoms. The number of nitriles is 1. The molecular weight excluding hydrogens is 268 g/mol. The molecule has 5 nitrogen and oxygen atoms in total. The molecule has 1 amide bonds. The summed E-state index contributed by atoms with van der Waals surface area (Å²) in [5.74, 6) is 0.224. The van der Waals surface area contributed by atoms with Crippen molar-refractivity contribution in [3.63, 3.8) is 0 Å². The molecule has 1 rings (SSSR count). The van der Waals surface area contributed by atoms with Crippen molar-refractivity contribution >= 4 is 5.91 Å². The van der Waals surface area contributed by atoms with Gasteiger partial charge in [0.25, 0.3) is 5.91 Å². The number of rotatable bonds is 8. The third kappa shape index (κ3) is 6.28. The molecule has 114 valence electrons. The lowest BCUT2D eigenvalue weighted by atomic mass is 9.90. The average Bonchev–Trinajstić information content (AvgIpc) is 2.49. The number of carbonyl (C=O) groups is 1. The fourth-order valence-corrected chi connectivity index (χ4v) is 1.68. The van der Waals surface area contributed by atoms with Crippen molar-refractivity contribution in [1.82, 2.24) is 5.32 Å². The lowest BCUT2D eigenvalue weighted by Gasteiger charge is -2.24. The van der Waals surface area contributed by atoms with Gasteiger partial charge in [-0.25, -0.2) is 0 Å². The first-order valence-corrected chi connectivity index (χ1v) is 6.86. The summed E-state index contributed by atoms with van der Waals surface area (Å²) < 4.78 is 10.4. The first-order valence-electron chi connectivity index (χ1n) is 6.86. The normalized spacial score (nSPS) is 10.8. The number of hydrogen-bond acceptors (Lipinski definition) is 4. The quantitative estimate of drug-likeness (QED) is 0.796. The van der Waals surface area contributed by atoms with Crippen molar-refractivity contribution in [3.05, 3.63) is 29.8 Å². The number of ether oxygens (including phenoxy) is 2. The molecule has 0 saturated heterocycles. The Balaban J connectivity index is 2.39. The van der Waals surface area contributed by atoms with E-state index in [4.69, 9.17) is 14.7 Å². The molecule has 0 atom stereocenters. The fraction of sp³-hybridized carbons (Fsp3) is 0.500. The molecule has 0 aromatic heterocycles. The molecule has 0 fully saturated rings. The van der Waals surface area contributed by atoms with Gasteiger partial charge in [-0.15, -0.1) is 0 Å². The van der Waals surface area contributed by atoms with Crippen LogP contribution in [0.25, 0.3) is 0 Å². The van der Waals surface area contributed by atoms with Gasteiger partial charge >= 0.3 is 0 Å². The minimum Gasteiger partial charge on any atom is -0.482 e. The van der Waals surface area contributed by atoms with E-state index >= 15 is 0 Å². The molecule has 1 aromatic carbocycles. The fourth-order valence-electron chi connectivity index (χ4n) is 1.68. The molecule has 0 aliphatic heterocycles. The van der Waals surface area contributed by atoms with Gasteiger partial charge in [0.2, 0.25) is 0 Å². The Morgan fingerprint density at radius 1 is 1.38 bits per heavy atom. The van der Waals surface area contributed by atoms with E-state index in [0.29, 0.717) is 24.5 Å². The van der Waals surface area contributed by atoms with Crippen LogP contribution >= 0.6 is 0 Å². The zero-order chi connectivity index (χ0) is 15.7. The first-order chi connectivity index (χ1) is 9.98. The lowest BCUT2D eigenvalue weighted by molar-refractivity contribution is -0.123. The van der Waals surface area contributed by atoms with Crippen molar-refractivity contribution in [2.75, 3.05) is 26.9 Å². The Morgan fingerprint density at radius 3 is 2.76 bits per heavy atom. The third-order valence-corrected chi connectivity index (χ3v) is 3.11. The molecule has 0 bridgehead atoms. The largest absolute Gasteiger partial charge is 0.482 e. The first kappa shape index (κ1) is 17.0. The SMILES string of the molecule is COCCC(C)(C)CNC(=O)COc1ccccc1C#N. The van der Waals surface area contributed by atoms with Crippen LogP contribution in [0.1, 0.15) is 25.8 Å².